The van der Waals surface area contributed by atoms with Crippen LogP contribution in [-0.4, -0.2) is 18.2 Å². The highest BCUT2D eigenvalue weighted by Crippen LogP contribution is 2.18. The number of nitrogens with two attached hydrogens (primary N) is 2. The molecule has 0 aliphatic heterocycles. The van der Waals surface area contributed by atoms with E-state index in [4.69, 9.17) is 21.4 Å². The maximum Gasteiger partial charge on any atom is 0.170 e. The zero-order valence-electron chi connectivity index (χ0n) is 7.90. The van der Waals surface area contributed by atoms with Gasteiger partial charge in [0.25, 0.3) is 0 Å². The van der Waals surface area contributed by atoms with Crippen LogP contribution in [0.25, 0.3) is 0 Å². The van der Waals surface area contributed by atoms with Crippen molar-refractivity contribution in [2.24, 2.45) is 16.6 Å². The molecule has 1 aromatic rings. The fourth-order valence-corrected chi connectivity index (χ4v) is 1.16. The fourth-order valence-electron chi connectivity index (χ4n) is 1.16. The minimum atomic E-state index is 0.0577. The molecule has 0 radical (unpaired) electrons. The number of hydrogen-bond acceptors (Lipinski definition) is 4. The standard InChI is InChI=1S/C9H13N3O2/c1-14-8-3-2-6(9(11)12-13)4-7(8)5-10/h2-4,13H,5,10H2,1H3,(H2,11,12). The van der Waals surface area contributed by atoms with E-state index in [1.165, 1.54) is 0 Å². The van der Waals surface area contributed by atoms with Gasteiger partial charge < -0.3 is 21.4 Å². The van der Waals surface area contributed by atoms with Crippen molar-refractivity contribution >= 4 is 5.84 Å². The Hall–Kier alpha value is -1.75. The predicted octanol–water partition coefficient (Wildman–Crippen LogP) is 0.248. The van der Waals surface area contributed by atoms with Crippen LogP contribution in [0.15, 0.2) is 23.4 Å². The largest absolute Gasteiger partial charge is 0.496 e. The maximum atomic E-state index is 8.48. The van der Waals surface area contributed by atoms with E-state index in [1.807, 2.05) is 0 Å². The lowest BCUT2D eigenvalue weighted by Gasteiger charge is -2.07. The SMILES string of the molecule is COc1ccc(/C(N)=N/O)cc1CN. The third-order valence-electron chi connectivity index (χ3n) is 1.90. The van der Waals surface area contributed by atoms with Gasteiger partial charge in [-0.05, 0) is 18.2 Å². The Labute approximate surface area is 82.0 Å². The molecule has 0 aliphatic rings. The van der Waals surface area contributed by atoms with E-state index in [0.29, 0.717) is 17.9 Å². The zero-order valence-corrected chi connectivity index (χ0v) is 7.90. The second kappa shape index (κ2) is 4.48. The molecule has 1 aromatic carbocycles. The average molecular weight is 195 g/mol. The smallest absolute Gasteiger partial charge is 0.170 e. The Kier molecular flexibility index (Phi) is 3.30. The van der Waals surface area contributed by atoms with Crippen molar-refractivity contribution in [1.82, 2.24) is 0 Å². The van der Waals surface area contributed by atoms with E-state index >= 15 is 0 Å². The maximum absolute atomic E-state index is 8.48. The summed E-state index contributed by atoms with van der Waals surface area (Å²) in [6.45, 7) is 0.343. The van der Waals surface area contributed by atoms with E-state index < -0.39 is 0 Å². The van der Waals surface area contributed by atoms with E-state index in [0.717, 1.165) is 5.56 Å². The number of hydrogen-bond donors (Lipinski definition) is 3. The second-order valence-corrected chi connectivity index (χ2v) is 2.72. The van der Waals surface area contributed by atoms with Crippen LogP contribution in [0, 0.1) is 0 Å². The normalized spacial score (nSPS) is 11.4. The van der Waals surface area contributed by atoms with Gasteiger partial charge in [0.2, 0.25) is 0 Å². The molecule has 1 rings (SSSR count). The molecule has 0 bridgehead atoms. The van der Waals surface area contributed by atoms with Crippen molar-refractivity contribution in [3.8, 4) is 5.75 Å². The van der Waals surface area contributed by atoms with Gasteiger partial charge in [-0.1, -0.05) is 5.16 Å². The molecule has 5 nitrogen and oxygen atoms in total. The molecule has 14 heavy (non-hydrogen) atoms. The number of oxime groups is 1. The van der Waals surface area contributed by atoms with Crippen LogP contribution in [0.4, 0.5) is 0 Å². The minimum absolute atomic E-state index is 0.0577. The highest BCUT2D eigenvalue weighted by molar-refractivity contribution is 5.97. The van der Waals surface area contributed by atoms with Crippen LogP contribution in [0.3, 0.4) is 0 Å². The minimum Gasteiger partial charge on any atom is -0.496 e. The number of nitrogens with zero attached hydrogens (tertiary/aromatic N) is 1. The molecule has 5 N–H and O–H groups in total. The summed E-state index contributed by atoms with van der Waals surface area (Å²) in [6, 6.07) is 5.16. The van der Waals surface area contributed by atoms with Crippen LogP contribution in [-0.2, 0) is 6.54 Å². The van der Waals surface area contributed by atoms with E-state index in [2.05, 4.69) is 5.16 Å². The molecule has 0 aliphatic carbocycles. The zero-order chi connectivity index (χ0) is 10.6. The molecule has 76 valence electrons. The second-order valence-electron chi connectivity index (χ2n) is 2.72. The Morgan fingerprint density at radius 1 is 1.57 bits per heavy atom. The van der Waals surface area contributed by atoms with Crippen molar-refractivity contribution in [2.75, 3.05) is 7.11 Å². The Morgan fingerprint density at radius 2 is 2.29 bits per heavy atom. The van der Waals surface area contributed by atoms with Gasteiger partial charge in [-0.25, -0.2) is 0 Å². The topological polar surface area (TPSA) is 93.9 Å². The van der Waals surface area contributed by atoms with Crippen molar-refractivity contribution in [3.05, 3.63) is 29.3 Å². The average Bonchev–Trinajstić information content (AvgIpc) is 2.26. The van der Waals surface area contributed by atoms with Crippen molar-refractivity contribution in [3.63, 3.8) is 0 Å². The van der Waals surface area contributed by atoms with Gasteiger partial charge in [-0.3, -0.25) is 0 Å². The molecule has 0 fully saturated rings. The first kappa shape index (κ1) is 10.3. The Balaban J connectivity index is 3.14. The van der Waals surface area contributed by atoms with Gasteiger partial charge in [-0.15, -0.1) is 0 Å². The first-order chi connectivity index (χ1) is 6.72. The van der Waals surface area contributed by atoms with Gasteiger partial charge in [0.1, 0.15) is 5.75 Å². The number of benzene rings is 1. The van der Waals surface area contributed by atoms with Gasteiger partial charge >= 0.3 is 0 Å². The molecule has 0 unspecified atom stereocenters. The van der Waals surface area contributed by atoms with Crippen LogP contribution >= 0.6 is 0 Å². The Bertz CT molecular complexity index is 350. The van der Waals surface area contributed by atoms with Crippen molar-refractivity contribution < 1.29 is 9.94 Å². The lowest BCUT2D eigenvalue weighted by Crippen LogP contribution is -2.14. The quantitative estimate of drug-likeness (QED) is 0.279. The molecular formula is C9H13N3O2. The first-order valence-corrected chi connectivity index (χ1v) is 4.07. The molecule has 5 heteroatoms. The summed E-state index contributed by atoms with van der Waals surface area (Å²) in [5, 5.41) is 11.4. The highest BCUT2D eigenvalue weighted by Gasteiger charge is 2.05. The number of amidine groups is 1. The van der Waals surface area contributed by atoms with E-state index in [9.17, 15) is 0 Å². The summed E-state index contributed by atoms with van der Waals surface area (Å²) in [5.41, 5.74) is 12.4. The lowest BCUT2D eigenvalue weighted by atomic mass is 10.1. The van der Waals surface area contributed by atoms with Gasteiger partial charge in [0.05, 0.1) is 7.11 Å². The predicted molar refractivity (Wildman–Crippen MR) is 53.4 cm³/mol. The summed E-state index contributed by atoms with van der Waals surface area (Å²) in [6.07, 6.45) is 0. The fraction of sp³-hybridized carbons (Fsp3) is 0.222. The molecule has 0 spiro atoms. The Morgan fingerprint density at radius 3 is 2.79 bits per heavy atom. The monoisotopic (exact) mass is 195 g/mol. The summed E-state index contributed by atoms with van der Waals surface area (Å²) < 4.78 is 5.08. The van der Waals surface area contributed by atoms with E-state index in [1.54, 1.807) is 25.3 Å². The molecule has 0 saturated carbocycles. The van der Waals surface area contributed by atoms with Crippen molar-refractivity contribution in [2.45, 2.75) is 6.54 Å². The lowest BCUT2D eigenvalue weighted by molar-refractivity contribution is 0.318. The van der Waals surface area contributed by atoms with Gasteiger partial charge in [0, 0.05) is 17.7 Å². The highest BCUT2D eigenvalue weighted by atomic mass is 16.5. The number of methoxy groups -OCH3 is 1. The van der Waals surface area contributed by atoms with Crippen LogP contribution in [0.1, 0.15) is 11.1 Å². The third-order valence-corrected chi connectivity index (χ3v) is 1.90. The molecule has 0 aromatic heterocycles. The number of ether oxygens (including phenoxy) is 1. The summed E-state index contributed by atoms with van der Waals surface area (Å²) in [5.74, 6) is 0.754. The van der Waals surface area contributed by atoms with Crippen LogP contribution in [0.5, 0.6) is 5.75 Å². The van der Waals surface area contributed by atoms with Crippen LogP contribution in [0.2, 0.25) is 0 Å². The molecule has 0 amide bonds. The van der Waals surface area contributed by atoms with Gasteiger partial charge in [-0.2, -0.15) is 0 Å². The third kappa shape index (κ3) is 1.94. The van der Waals surface area contributed by atoms with Crippen LogP contribution < -0.4 is 16.2 Å². The van der Waals surface area contributed by atoms with Gasteiger partial charge in [0.15, 0.2) is 5.84 Å². The first-order valence-electron chi connectivity index (χ1n) is 4.07. The summed E-state index contributed by atoms with van der Waals surface area (Å²) >= 11 is 0. The molecular weight excluding hydrogens is 182 g/mol. The summed E-state index contributed by atoms with van der Waals surface area (Å²) in [4.78, 5) is 0. The molecule has 0 heterocycles. The molecule has 0 atom stereocenters. The van der Waals surface area contributed by atoms with E-state index in [-0.39, 0.29) is 5.84 Å². The number of rotatable bonds is 3. The molecule has 0 saturated heterocycles. The van der Waals surface area contributed by atoms with Crippen molar-refractivity contribution in [1.29, 1.82) is 0 Å². The summed E-state index contributed by atoms with van der Waals surface area (Å²) in [7, 11) is 1.57.